The second-order valence-corrected chi connectivity index (χ2v) is 4.92. The molecule has 4 nitrogen and oxygen atoms in total. The predicted molar refractivity (Wildman–Crippen MR) is 80.3 cm³/mol. The second-order valence-electron chi connectivity index (χ2n) is 4.08. The number of phenolic OH excluding ortho intramolecular Hbond substituents is 1. The van der Waals surface area contributed by atoms with Crippen molar-refractivity contribution < 1.29 is 19.4 Å². The fraction of sp³-hybridized carbons (Fsp3) is 0.133. The van der Waals surface area contributed by atoms with Crippen molar-refractivity contribution in [3.63, 3.8) is 0 Å². The number of hydrogen-bond donors (Lipinski definition) is 1. The highest BCUT2D eigenvalue weighted by Gasteiger charge is 2.11. The zero-order valence-corrected chi connectivity index (χ0v) is 12.4. The van der Waals surface area contributed by atoms with Crippen molar-refractivity contribution in [2.24, 2.45) is 0 Å². The molecule has 1 N–H and O–H groups in total. The van der Waals surface area contributed by atoms with E-state index in [-0.39, 0.29) is 24.5 Å². The second kappa shape index (κ2) is 7.20. The van der Waals surface area contributed by atoms with Crippen LogP contribution in [0.2, 0.25) is 10.0 Å². The maximum atomic E-state index is 11.7. The molecule has 2 rings (SSSR count). The molecular weight excluding hydrogens is 315 g/mol. The van der Waals surface area contributed by atoms with Crippen molar-refractivity contribution in [1.29, 1.82) is 0 Å². The average molecular weight is 327 g/mol. The first kappa shape index (κ1) is 15.5. The molecule has 0 radical (unpaired) electrons. The number of carbonyl (C=O) groups is 1. The largest absolute Gasteiger partial charge is 0.507 e. The van der Waals surface area contributed by atoms with E-state index in [1.807, 2.05) is 0 Å². The highest BCUT2D eigenvalue weighted by molar-refractivity contribution is 6.35. The smallest absolute Gasteiger partial charge is 0.342 e. The Morgan fingerprint density at radius 3 is 2.57 bits per heavy atom. The Bertz CT molecular complexity index is 643. The molecular formula is C15H12Cl2O4. The van der Waals surface area contributed by atoms with Crippen molar-refractivity contribution in [3.8, 4) is 11.5 Å². The summed E-state index contributed by atoms with van der Waals surface area (Å²) in [6.45, 7) is 0.173. The molecule has 0 aliphatic carbocycles. The molecule has 0 saturated carbocycles. The van der Waals surface area contributed by atoms with E-state index in [1.165, 1.54) is 12.1 Å². The van der Waals surface area contributed by atoms with E-state index >= 15 is 0 Å². The lowest BCUT2D eigenvalue weighted by atomic mass is 10.2. The van der Waals surface area contributed by atoms with Crippen molar-refractivity contribution in [1.82, 2.24) is 0 Å². The standard InChI is InChI=1S/C15H12Cl2O4/c16-10-5-6-14(12(17)9-10)20-7-8-21-15(19)11-3-1-2-4-13(11)18/h1-6,9,18H,7-8H2. The summed E-state index contributed by atoms with van der Waals surface area (Å²) in [5.41, 5.74) is 0.113. The first-order valence-corrected chi connectivity index (χ1v) is 6.86. The maximum absolute atomic E-state index is 11.7. The fourth-order valence-electron chi connectivity index (χ4n) is 1.60. The zero-order chi connectivity index (χ0) is 15.2. The van der Waals surface area contributed by atoms with E-state index in [0.29, 0.717) is 15.8 Å². The summed E-state index contributed by atoms with van der Waals surface area (Å²) in [7, 11) is 0. The lowest BCUT2D eigenvalue weighted by molar-refractivity contribution is 0.0447. The van der Waals surface area contributed by atoms with E-state index < -0.39 is 5.97 Å². The molecule has 0 aromatic heterocycles. The Hall–Kier alpha value is -1.91. The first-order chi connectivity index (χ1) is 10.1. The van der Waals surface area contributed by atoms with Gasteiger partial charge in [0.25, 0.3) is 0 Å². The van der Waals surface area contributed by atoms with Crippen LogP contribution in [0.1, 0.15) is 10.4 Å². The Labute approximate surface area is 131 Å². The van der Waals surface area contributed by atoms with E-state index in [4.69, 9.17) is 32.7 Å². The first-order valence-electron chi connectivity index (χ1n) is 6.11. The minimum absolute atomic E-state index is 0.0339. The van der Waals surface area contributed by atoms with E-state index in [0.717, 1.165) is 0 Å². The molecule has 2 aromatic rings. The maximum Gasteiger partial charge on any atom is 0.342 e. The lowest BCUT2D eigenvalue weighted by Gasteiger charge is -2.09. The van der Waals surface area contributed by atoms with Gasteiger partial charge in [0.2, 0.25) is 0 Å². The molecule has 0 aliphatic rings. The number of phenols is 1. The van der Waals surface area contributed by atoms with Crippen LogP contribution in [-0.4, -0.2) is 24.3 Å². The number of rotatable bonds is 5. The lowest BCUT2D eigenvalue weighted by Crippen LogP contribution is -2.12. The van der Waals surface area contributed by atoms with Gasteiger partial charge in [0.15, 0.2) is 0 Å². The third-order valence-corrected chi connectivity index (χ3v) is 3.12. The summed E-state index contributed by atoms with van der Waals surface area (Å²) in [6.07, 6.45) is 0. The van der Waals surface area contributed by atoms with Gasteiger partial charge in [-0.2, -0.15) is 0 Å². The minimum atomic E-state index is -0.612. The number of aromatic hydroxyl groups is 1. The molecule has 0 saturated heterocycles. The highest BCUT2D eigenvalue weighted by Crippen LogP contribution is 2.27. The van der Waals surface area contributed by atoms with Crippen LogP contribution in [0, 0.1) is 0 Å². The molecule has 21 heavy (non-hydrogen) atoms. The summed E-state index contributed by atoms with van der Waals surface area (Å²) in [5.74, 6) is -0.275. The van der Waals surface area contributed by atoms with Gasteiger partial charge in [0.1, 0.15) is 30.3 Å². The van der Waals surface area contributed by atoms with Crippen LogP contribution in [0.3, 0.4) is 0 Å². The van der Waals surface area contributed by atoms with Crippen LogP contribution in [0.4, 0.5) is 0 Å². The Morgan fingerprint density at radius 1 is 1.10 bits per heavy atom. The Kier molecular flexibility index (Phi) is 5.31. The summed E-state index contributed by atoms with van der Waals surface area (Å²) in [5, 5.41) is 10.4. The zero-order valence-electron chi connectivity index (χ0n) is 10.9. The molecule has 0 amide bonds. The molecule has 110 valence electrons. The summed E-state index contributed by atoms with van der Waals surface area (Å²) in [6, 6.07) is 11.0. The van der Waals surface area contributed by atoms with Gasteiger partial charge in [0.05, 0.1) is 5.02 Å². The minimum Gasteiger partial charge on any atom is -0.507 e. The number of carbonyl (C=O) groups excluding carboxylic acids is 1. The number of para-hydroxylation sites is 1. The molecule has 0 aliphatic heterocycles. The summed E-state index contributed by atoms with van der Waals surface area (Å²) < 4.78 is 10.4. The van der Waals surface area contributed by atoms with Crippen LogP contribution in [0.15, 0.2) is 42.5 Å². The Balaban J connectivity index is 1.82. The van der Waals surface area contributed by atoms with Crippen LogP contribution >= 0.6 is 23.2 Å². The van der Waals surface area contributed by atoms with Crippen molar-refractivity contribution in [3.05, 3.63) is 58.1 Å². The molecule has 0 fully saturated rings. The van der Waals surface area contributed by atoms with E-state index in [1.54, 1.807) is 30.3 Å². The van der Waals surface area contributed by atoms with Gasteiger partial charge < -0.3 is 14.6 Å². The van der Waals surface area contributed by atoms with Gasteiger partial charge in [-0.1, -0.05) is 35.3 Å². The summed E-state index contributed by atoms with van der Waals surface area (Å²) in [4.78, 5) is 11.7. The van der Waals surface area contributed by atoms with Crippen LogP contribution in [0.5, 0.6) is 11.5 Å². The van der Waals surface area contributed by atoms with Crippen molar-refractivity contribution in [2.75, 3.05) is 13.2 Å². The molecule has 2 aromatic carbocycles. The Morgan fingerprint density at radius 2 is 1.86 bits per heavy atom. The molecule has 0 spiro atoms. The number of halogens is 2. The van der Waals surface area contributed by atoms with E-state index in [2.05, 4.69) is 0 Å². The molecule has 0 heterocycles. The van der Waals surface area contributed by atoms with E-state index in [9.17, 15) is 9.90 Å². The molecule has 0 bridgehead atoms. The number of ether oxygens (including phenoxy) is 2. The van der Waals surface area contributed by atoms with Crippen molar-refractivity contribution >= 4 is 29.2 Å². The van der Waals surface area contributed by atoms with Crippen molar-refractivity contribution in [2.45, 2.75) is 0 Å². The van der Waals surface area contributed by atoms with Gasteiger partial charge in [-0.15, -0.1) is 0 Å². The highest BCUT2D eigenvalue weighted by atomic mass is 35.5. The molecule has 6 heteroatoms. The van der Waals surface area contributed by atoms with Crippen LogP contribution in [-0.2, 0) is 4.74 Å². The summed E-state index contributed by atoms with van der Waals surface area (Å²) >= 11 is 11.7. The predicted octanol–water partition coefficient (Wildman–Crippen LogP) is 3.93. The van der Waals surface area contributed by atoms with Gasteiger partial charge >= 0.3 is 5.97 Å². The molecule has 0 unspecified atom stereocenters. The van der Waals surface area contributed by atoms with Gasteiger partial charge in [0, 0.05) is 5.02 Å². The quantitative estimate of drug-likeness (QED) is 0.668. The fourth-order valence-corrected chi connectivity index (χ4v) is 2.07. The van der Waals surface area contributed by atoms with Crippen LogP contribution in [0.25, 0.3) is 0 Å². The third kappa shape index (κ3) is 4.28. The monoisotopic (exact) mass is 326 g/mol. The third-order valence-electron chi connectivity index (χ3n) is 2.59. The van der Waals surface area contributed by atoms with Gasteiger partial charge in [-0.05, 0) is 30.3 Å². The average Bonchev–Trinajstić information content (AvgIpc) is 2.45. The normalized spacial score (nSPS) is 10.2. The number of hydrogen-bond acceptors (Lipinski definition) is 4. The number of benzene rings is 2. The topological polar surface area (TPSA) is 55.8 Å². The SMILES string of the molecule is O=C(OCCOc1ccc(Cl)cc1Cl)c1ccccc1O. The van der Waals surface area contributed by atoms with Crippen LogP contribution < -0.4 is 4.74 Å². The van der Waals surface area contributed by atoms with Gasteiger partial charge in [-0.25, -0.2) is 4.79 Å². The number of esters is 1. The molecule has 0 atom stereocenters. The van der Waals surface area contributed by atoms with Gasteiger partial charge in [-0.3, -0.25) is 0 Å².